The molecule has 5 heterocycles. The Morgan fingerprint density at radius 3 is 2.48 bits per heavy atom. The molecule has 5 fully saturated rings. The lowest BCUT2D eigenvalue weighted by molar-refractivity contribution is -0.0299. The van der Waals surface area contributed by atoms with Crippen LogP contribution in [0.4, 0.5) is 10.2 Å². The van der Waals surface area contributed by atoms with E-state index < -0.39 is 15.8 Å². The zero-order chi connectivity index (χ0) is 35.0. The van der Waals surface area contributed by atoms with E-state index in [0.717, 1.165) is 77.7 Å². The first-order chi connectivity index (χ1) is 24.0. The lowest BCUT2D eigenvalue weighted by atomic mass is 9.72. The monoisotopic (exact) mass is 714 g/mol. The molecular formula is C36H51FN6O6S. The number of nitrogens with zero attached hydrogens (tertiary/aromatic N) is 5. The van der Waals surface area contributed by atoms with Crippen molar-refractivity contribution in [1.82, 2.24) is 24.5 Å². The maximum absolute atomic E-state index is 14.5. The standard InChI is InChI=1S/C36H51FN6O6S/c1-24-5-4-6-33(24)50(45,46)40-28-8-9-29(48-20-28)17-41-13-11-36(12-14-41)21-42(22-36)34-32(16-38-23-39-34)49-31-10-7-27(37)15-30(31)35(44)43-25(2)18-47-19-26(43)3/h7,10,15-16,23-26,28-29,33,40H,4-6,8-9,11-14,17-22H2,1-3H3/t24-,25-,26-,28-,29+,33?/m1/s1. The van der Waals surface area contributed by atoms with E-state index in [1.165, 1.54) is 24.5 Å². The van der Waals surface area contributed by atoms with Gasteiger partial charge in [0.05, 0.1) is 55.0 Å². The number of rotatable bonds is 9. The molecule has 1 saturated carbocycles. The summed E-state index contributed by atoms with van der Waals surface area (Å²) in [5, 5.41) is -0.274. The highest BCUT2D eigenvalue weighted by atomic mass is 32.2. The van der Waals surface area contributed by atoms with E-state index in [1.807, 2.05) is 20.8 Å². The molecule has 274 valence electrons. The van der Waals surface area contributed by atoms with Gasteiger partial charge in [-0.3, -0.25) is 4.79 Å². The van der Waals surface area contributed by atoms with E-state index in [2.05, 4.69) is 24.5 Å². The minimum Gasteiger partial charge on any atom is -0.451 e. The van der Waals surface area contributed by atoms with Gasteiger partial charge in [0.1, 0.15) is 17.9 Å². The SMILES string of the molecule is C[C@@H]1CCCC1S(=O)(=O)N[C@@H]1CC[C@@H](CN2CCC3(CC2)CN(c2ncncc2Oc2ccc(F)cc2C(=O)N2[C@H](C)COC[C@H]2C)C3)OC1. The van der Waals surface area contributed by atoms with E-state index >= 15 is 0 Å². The smallest absolute Gasteiger partial charge is 0.258 e. The van der Waals surface area contributed by atoms with Gasteiger partial charge in [-0.15, -0.1) is 0 Å². The molecule has 1 spiro atoms. The number of nitrogens with one attached hydrogen (secondary N) is 1. The average Bonchev–Trinajstić information content (AvgIpc) is 3.53. The molecule has 50 heavy (non-hydrogen) atoms. The minimum atomic E-state index is -3.31. The van der Waals surface area contributed by atoms with Crippen molar-refractivity contribution in [2.75, 3.05) is 57.4 Å². The zero-order valence-corrected chi connectivity index (χ0v) is 30.2. The third-order valence-electron chi connectivity index (χ3n) is 11.6. The van der Waals surface area contributed by atoms with Crippen LogP contribution in [0.15, 0.2) is 30.7 Å². The summed E-state index contributed by atoms with van der Waals surface area (Å²) in [4.78, 5) is 28.9. The summed E-state index contributed by atoms with van der Waals surface area (Å²) in [6, 6.07) is 3.58. The molecule has 0 bridgehead atoms. The van der Waals surface area contributed by atoms with Crippen molar-refractivity contribution in [3.8, 4) is 11.5 Å². The van der Waals surface area contributed by atoms with Gasteiger partial charge in [-0.25, -0.2) is 27.5 Å². The molecule has 12 nitrogen and oxygen atoms in total. The highest BCUT2D eigenvalue weighted by molar-refractivity contribution is 7.90. The van der Waals surface area contributed by atoms with Crippen molar-refractivity contribution < 1.29 is 31.8 Å². The van der Waals surface area contributed by atoms with Crippen molar-refractivity contribution >= 4 is 21.7 Å². The van der Waals surface area contributed by atoms with Gasteiger partial charge in [0.2, 0.25) is 10.0 Å². The van der Waals surface area contributed by atoms with Crippen LogP contribution >= 0.6 is 0 Å². The molecule has 1 aromatic carbocycles. The fourth-order valence-electron chi connectivity index (χ4n) is 8.70. The van der Waals surface area contributed by atoms with Gasteiger partial charge >= 0.3 is 0 Å². The summed E-state index contributed by atoms with van der Waals surface area (Å²) in [7, 11) is -3.31. The third kappa shape index (κ3) is 7.50. The minimum absolute atomic E-state index is 0.117. The summed E-state index contributed by atoms with van der Waals surface area (Å²) < 4.78 is 61.3. The summed E-state index contributed by atoms with van der Waals surface area (Å²) in [6.45, 7) is 11.7. The molecule has 14 heteroatoms. The van der Waals surface area contributed by atoms with Crippen LogP contribution in [0.5, 0.6) is 11.5 Å². The number of hydrogen-bond acceptors (Lipinski definition) is 10. The van der Waals surface area contributed by atoms with Crippen LogP contribution in [0.25, 0.3) is 0 Å². The quantitative estimate of drug-likeness (QED) is 0.404. The van der Waals surface area contributed by atoms with Gasteiger partial charge in [0, 0.05) is 31.1 Å². The van der Waals surface area contributed by atoms with Crippen molar-refractivity contribution in [2.24, 2.45) is 11.3 Å². The number of benzene rings is 1. The van der Waals surface area contributed by atoms with Gasteiger partial charge < -0.3 is 28.9 Å². The number of halogens is 1. The van der Waals surface area contributed by atoms with Crippen molar-refractivity contribution in [3.63, 3.8) is 0 Å². The first-order valence-corrected chi connectivity index (χ1v) is 19.8. The van der Waals surface area contributed by atoms with Crippen LogP contribution in [0.1, 0.15) is 76.1 Å². The number of sulfonamides is 1. The second-order valence-electron chi connectivity index (χ2n) is 15.4. The number of piperidine rings is 1. The van der Waals surface area contributed by atoms with Gasteiger partial charge in [0.25, 0.3) is 5.91 Å². The van der Waals surface area contributed by atoms with Crippen molar-refractivity contribution in [2.45, 2.75) is 95.2 Å². The fourth-order valence-corrected chi connectivity index (χ4v) is 10.8. The lowest BCUT2D eigenvalue weighted by Crippen LogP contribution is -2.61. The van der Waals surface area contributed by atoms with Crippen LogP contribution in [0, 0.1) is 17.2 Å². The molecular weight excluding hydrogens is 663 g/mol. The summed E-state index contributed by atoms with van der Waals surface area (Å²) in [5.74, 6) is 0.757. The van der Waals surface area contributed by atoms with Crippen molar-refractivity contribution in [1.29, 1.82) is 0 Å². The highest BCUT2D eigenvalue weighted by Gasteiger charge is 2.46. The number of carbonyl (C=O) groups is 1. The highest BCUT2D eigenvalue weighted by Crippen LogP contribution is 2.45. The fraction of sp³-hybridized carbons (Fsp3) is 0.694. The number of amides is 1. The molecule has 4 aliphatic heterocycles. The first-order valence-electron chi connectivity index (χ1n) is 18.3. The van der Waals surface area contributed by atoms with Crippen LogP contribution < -0.4 is 14.4 Å². The largest absolute Gasteiger partial charge is 0.451 e. The maximum Gasteiger partial charge on any atom is 0.258 e. The lowest BCUT2D eigenvalue weighted by Gasteiger charge is -2.54. The Bertz CT molecular complexity index is 1610. The first kappa shape index (κ1) is 35.5. The number of ether oxygens (including phenoxy) is 3. The Labute approximate surface area is 295 Å². The number of hydrogen-bond donors (Lipinski definition) is 1. The van der Waals surface area contributed by atoms with E-state index in [9.17, 15) is 17.6 Å². The van der Waals surface area contributed by atoms with Gasteiger partial charge in [-0.1, -0.05) is 13.3 Å². The van der Waals surface area contributed by atoms with Crippen LogP contribution in [-0.2, 0) is 19.5 Å². The number of carbonyl (C=O) groups excluding carboxylic acids is 1. The number of aromatic nitrogens is 2. The molecule has 4 saturated heterocycles. The Morgan fingerprint density at radius 1 is 1.04 bits per heavy atom. The Balaban J connectivity index is 0.911. The summed E-state index contributed by atoms with van der Waals surface area (Å²) in [6.07, 6.45) is 9.72. The number of morpholine rings is 1. The third-order valence-corrected chi connectivity index (χ3v) is 13.7. The predicted molar refractivity (Wildman–Crippen MR) is 186 cm³/mol. The molecule has 1 N–H and O–H groups in total. The zero-order valence-electron chi connectivity index (χ0n) is 29.4. The molecule has 5 aliphatic rings. The maximum atomic E-state index is 14.5. The average molecular weight is 715 g/mol. The number of anilines is 1. The molecule has 6 atom stereocenters. The predicted octanol–water partition coefficient (Wildman–Crippen LogP) is 4.22. The summed E-state index contributed by atoms with van der Waals surface area (Å²) >= 11 is 0. The number of likely N-dealkylation sites (tertiary alicyclic amines) is 1. The van der Waals surface area contributed by atoms with E-state index in [0.29, 0.717) is 31.4 Å². The molecule has 1 amide bonds. The second kappa shape index (κ2) is 14.6. The normalized spacial score (nSPS) is 30.3. The van der Waals surface area contributed by atoms with Gasteiger partial charge in [-0.05, 0) is 89.6 Å². The van der Waals surface area contributed by atoms with Crippen molar-refractivity contribution in [3.05, 3.63) is 42.1 Å². The molecule has 1 aliphatic carbocycles. The van der Waals surface area contributed by atoms with E-state index in [1.54, 1.807) is 11.1 Å². The Morgan fingerprint density at radius 2 is 1.80 bits per heavy atom. The second-order valence-corrected chi connectivity index (χ2v) is 17.3. The van der Waals surface area contributed by atoms with E-state index in [-0.39, 0.29) is 58.0 Å². The van der Waals surface area contributed by atoms with Gasteiger partial charge in [-0.2, -0.15) is 0 Å². The van der Waals surface area contributed by atoms with Gasteiger partial charge in [0.15, 0.2) is 11.6 Å². The van der Waals surface area contributed by atoms with E-state index in [4.69, 9.17) is 14.2 Å². The molecule has 1 aromatic heterocycles. The topological polar surface area (TPSA) is 126 Å². The molecule has 0 radical (unpaired) electrons. The van der Waals surface area contributed by atoms with Crippen LogP contribution in [-0.4, -0.2) is 116 Å². The van der Waals surface area contributed by atoms with Crippen LogP contribution in [0.3, 0.4) is 0 Å². The summed E-state index contributed by atoms with van der Waals surface area (Å²) in [5.41, 5.74) is 0.345. The Hall–Kier alpha value is -2.91. The molecule has 2 aromatic rings. The molecule has 7 rings (SSSR count). The van der Waals surface area contributed by atoms with Crippen LogP contribution in [0.2, 0.25) is 0 Å². The molecule has 1 unspecified atom stereocenters. The Kier molecular flexibility index (Phi) is 10.4.